The summed E-state index contributed by atoms with van der Waals surface area (Å²) in [7, 11) is 0. The summed E-state index contributed by atoms with van der Waals surface area (Å²) in [6.45, 7) is 6.77. The molecule has 21 heavy (non-hydrogen) atoms. The minimum absolute atomic E-state index is 0.0877. The first-order chi connectivity index (χ1) is 10.2. The molecule has 0 fully saturated rings. The smallest absolute Gasteiger partial charge is 0.191 e. The number of benzene rings is 1. The minimum atomic E-state index is -0.462. The lowest BCUT2D eigenvalue weighted by Crippen LogP contribution is -2.38. The van der Waals surface area contributed by atoms with Gasteiger partial charge in [-0.25, -0.2) is 13.8 Å². The van der Waals surface area contributed by atoms with Crippen molar-refractivity contribution in [2.75, 3.05) is 26.3 Å². The van der Waals surface area contributed by atoms with Crippen molar-refractivity contribution in [2.24, 2.45) is 4.99 Å². The van der Waals surface area contributed by atoms with Gasteiger partial charge in [0.1, 0.15) is 11.6 Å². The maximum Gasteiger partial charge on any atom is 0.191 e. The molecule has 4 nitrogen and oxygen atoms in total. The fraction of sp³-hybridized carbons (Fsp3) is 0.533. The van der Waals surface area contributed by atoms with Crippen molar-refractivity contribution in [1.82, 2.24) is 10.6 Å². The fourth-order valence-electron chi connectivity index (χ4n) is 1.70. The Morgan fingerprint density at radius 2 is 2.05 bits per heavy atom. The predicted molar refractivity (Wildman–Crippen MR) is 80.3 cm³/mol. The van der Waals surface area contributed by atoms with Crippen molar-refractivity contribution in [3.8, 4) is 0 Å². The summed E-state index contributed by atoms with van der Waals surface area (Å²) in [5.41, 5.74) is 0.238. The summed E-state index contributed by atoms with van der Waals surface area (Å²) in [5.74, 6) is -0.332. The summed E-state index contributed by atoms with van der Waals surface area (Å²) in [5, 5.41) is 6.19. The zero-order chi connectivity index (χ0) is 15.5. The summed E-state index contributed by atoms with van der Waals surface area (Å²) < 4.78 is 31.8. The highest BCUT2D eigenvalue weighted by Gasteiger charge is 2.04. The normalized spacial score (nSPS) is 11.5. The van der Waals surface area contributed by atoms with Crippen LogP contribution in [0.15, 0.2) is 23.2 Å². The molecule has 0 aliphatic carbocycles. The Balaban J connectivity index is 2.52. The highest BCUT2D eigenvalue weighted by atomic mass is 19.1. The van der Waals surface area contributed by atoms with Crippen molar-refractivity contribution < 1.29 is 13.5 Å². The van der Waals surface area contributed by atoms with Crippen LogP contribution in [0.1, 0.15) is 25.8 Å². The first-order valence-electron chi connectivity index (χ1n) is 7.21. The van der Waals surface area contributed by atoms with E-state index in [0.717, 1.165) is 24.6 Å². The Bertz CT molecular complexity index is 453. The van der Waals surface area contributed by atoms with Gasteiger partial charge in [0.05, 0.1) is 6.54 Å². The van der Waals surface area contributed by atoms with Crippen molar-refractivity contribution in [3.63, 3.8) is 0 Å². The van der Waals surface area contributed by atoms with Crippen molar-refractivity contribution in [3.05, 3.63) is 35.4 Å². The van der Waals surface area contributed by atoms with E-state index in [-0.39, 0.29) is 12.1 Å². The average Bonchev–Trinajstić information content (AvgIpc) is 2.47. The number of hydrogen-bond acceptors (Lipinski definition) is 2. The number of rotatable bonds is 8. The van der Waals surface area contributed by atoms with Crippen LogP contribution in [0.2, 0.25) is 0 Å². The number of aliphatic imine (C=N–C) groups is 1. The van der Waals surface area contributed by atoms with Gasteiger partial charge in [-0.15, -0.1) is 0 Å². The van der Waals surface area contributed by atoms with E-state index in [1.165, 1.54) is 0 Å². The maximum absolute atomic E-state index is 13.5. The van der Waals surface area contributed by atoms with Crippen LogP contribution in [-0.4, -0.2) is 32.3 Å². The SMILES string of the molecule is CCNC(=NCc1cc(F)ccc1F)NCCCOCC. The molecule has 1 aromatic carbocycles. The molecule has 0 atom stereocenters. The van der Waals surface area contributed by atoms with Gasteiger partial charge >= 0.3 is 0 Å². The summed E-state index contributed by atoms with van der Waals surface area (Å²) in [4.78, 5) is 4.25. The zero-order valence-electron chi connectivity index (χ0n) is 12.6. The molecule has 0 aliphatic rings. The van der Waals surface area contributed by atoms with Gasteiger partial charge in [-0.1, -0.05) is 0 Å². The molecule has 0 radical (unpaired) electrons. The van der Waals surface area contributed by atoms with E-state index < -0.39 is 11.6 Å². The predicted octanol–water partition coefficient (Wildman–Crippen LogP) is 2.45. The summed E-state index contributed by atoms with van der Waals surface area (Å²) in [6, 6.07) is 3.37. The second-order valence-corrected chi connectivity index (χ2v) is 4.41. The molecular weight excluding hydrogens is 276 g/mol. The van der Waals surface area contributed by atoms with Gasteiger partial charge in [-0.2, -0.15) is 0 Å². The van der Waals surface area contributed by atoms with Crippen LogP contribution in [-0.2, 0) is 11.3 Å². The van der Waals surface area contributed by atoms with E-state index in [4.69, 9.17) is 4.74 Å². The van der Waals surface area contributed by atoms with E-state index in [1.807, 2.05) is 13.8 Å². The lowest BCUT2D eigenvalue weighted by atomic mass is 10.2. The van der Waals surface area contributed by atoms with Gasteiger partial charge in [0.2, 0.25) is 0 Å². The van der Waals surface area contributed by atoms with Gasteiger partial charge in [0.15, 0.2) is 5.96 Å². The molecule has 0 saturated heterocycles. The number of hydrogen-bond donors (Lipinski definition) is 2. The van der Waals surface area contributed by atoms with Crippen LogP contribution in [0.3, 0.4) is 0 Å². The average molecular weight is 299 g/mol. The molecule has 0 spiro atoms. The number of halogens is 2. The second-order valence-electron chi connectivity index (χ2n) is 4.41. The first-order valence-corrected chi connectivity index (χ1v) is 7.21. The van der Waals surface area contributed by atoms with Crippen LogP contribution in [0.25, 0.3) is 0 Å². The lowest BCUT2D eigenvalue weighted by molar-refractivity contribution is 0.145. The third-order valence-corrected chi connectivity index (χ3v) is 2.72. The molecule has 6 heteroatoms. The molecule has 0 saturated carbocycles. The Labute approximate surface area is 124 Å². The van der Waals surface area contributed by atoms with Crippen LogP contribution >= 0.6 is 0 Å². The molecule has 0 aromatic heterocycles. The van der Waals surface area contributed by atoms with Crippen LogP contribution in [0.4, 0.5) is 8.78 Å². The monoisotopic (exact) mass is 299 g/mol. The zero-order valence-corrected chi connectivity index (χ0v) is 12.6. The molecule has 2 N–H and O–H groups in total. The van der Waals surface area contributed by atoms with E-state index in [2.05, 4.69) is 15.6 Å². The van der Waals surface area contributed by atoms with Gasteiger partial charge in [-0.3, -0.25) is 0 Å². The third-order valence-electron chi connectivity index (χ3n) is 2.72. The highest BCUT2D eigenvalue weighted by molar-refractivity contribution is 5.79. The molecule has 1 rings (SSSR count). The van der Waals surface area contributed by atoms with Gasteiger partial charge in [0.25, 0.3) is 0 Å². The molecular formula is C15H23F2N3O. The summed E-state index contributed by atoms with van der Waals surface area (Å²) >= 11 is 0. The van der Waals surface area contributed by atoms with Crippen LogP contribution in [0.5, 0.6) is 0 Å². The number of ether oxygens (including phenoxy) is 1. The molecule has 0 aliphatic heterocycles. The highest BCUT2D eigenvalue weighted by Crippen LogP contribution is 2.10. The standard InChI is InChI=1S/C15H23F2N3O/c1-3-18-15(19-8-5-9-21-4-2)20-11-12-10-13(16)6-7-14(12)17/h6-7,10H,3-5,8-9,11H2,1-2H3,(H2,18,19,20). The third kappa shape index (κ3) is 7.04. The van der Waals surface area contributed by atoms with E-state index in [1.54, 1.807) is 0 Å². The number of nitrogens with one attached hydrogen (secondary N) is 2. The maximum atomic E-state index is 13.5. The lowest BCUT2D eigenvalue weighted by Gasteiger charge is -2.11. The molecule has 0 unspecified atom stereocenters. The van der Waals surface area contributed by atoms with Gasteiger partial charge in [0, 0.05) is 31.9 Å². The first kappa shape index (κ1) is 17.4. The second kappa shape index (κ2) is 10.1. The fourth-order valence-corrected chi connectivity index (χ4v) is 1.70. The summed E-state index contributed by atoms with van der Waals surface area (Å²) in [6.07, 6.45) is 0.854. The van der Waals surface area contributed by atoms with E-state index in [0.29, 0.717) is 32.3 Å². The van der Waals surface area contributed by atoms with Crippen LogP contribution < -0.4 is 10.6 Å². The molecule has 0 heterocycles. The Morgan fingerprint density at radius 1 is 1.24 bits per heavy atom. The number of guanidine groups is 1. The molecule has 0 bridgehead atoms. The quantitative estimate of drug-likeness (QED) is 0.440. The van der Waals surface area contributed by atoms with Crippen LogP contribution in [0, 0.1) is 11.6 Å². The Kier molecular flexibility index (Phi) is 8.35. The largest absolute Gasteiger partial charge is 0.382 e. The van der Waals surface area contributed by atoms with Crippen molar-refractivity contribution >= 4 is 5.96 Å². The van der Waals surface area contributed by atoms with Crippen molar-refractivity contribution in [2.45, 2.75) is 26.8 Å². The Morgan fingerprint density at radius 3 is 2.76 bits per heavy atom. The van der Waals surface area contributed by atoms with Crippen molar-refractivity contribution in [1.29, 1.82) is 0 Å². The number of nitrogens with zero attached hydrogens (tertiary/aromatic N) is 1. The van der Waals surface area contributed by atoms with Gasteiger partial charge in [-0.05, 0) is 38.5 Å². The molecule has 1 aromatic rings. The molecule has 0 amide bonds. The Hall–Kier alpha value is -1.69. The topological polar surface area (TPSA) is 45.7 Å². The molecule has 118 valence electrons. The minimum Gasteiger partial charge on any atom is -0.382 e. The van der Waals surface area contributed by atoms with E-state index in [9.17, 15) is 8.78 Å². The van der Waals surface area contributed by atoms with Gasteiger partial charge < -0.3 is 15.4 Å². The van der Waals surface area contributed by atoms with E-state index >= 15 is 0 Å².